The number of thioether (sulfide) groups is 1. The van der Waals surface area contributed by atoms with Gasteiger partial charge in [0.1, 0.15) is 18.5 Å². The second kappa shape index (κ2) is 23.4. The van der Waals surface area contributed by atoms with Gasteiger partial charge in [-0.2, -0.15) is 8.42 Å². The molecule has 0 aromatic heterocycles. The summed E-state index contributed by atoms with van der Waals surface area (Å²) in [5, 5.41) is -0.817. The van der Waals surface area contributed by atoms with Crippen LogP contribution in [-0.2, 0) is 61.9 Å². The highest BCUT2D eigenvalue weighted by Gasteiger charge is 2.25. The van der Waals surface area contributed by atoms with Gasteiger partial charge in [0.25, 0.3) is 10.1 Å². The molecule has 1 aliphatic rings. The molecule has 15 heteroatoms. The Kier molecular flexibility index (Phi) is 21.0. The zero-order valence-corrected chi connectivity index (χ0v) is 25.2. The molecule has 0 aromatic rings. The summed E-state index contributed by atoms with van der Waals surface area (Å²) in [5.41, 5.74) is 0. The number of hydrogen-bond acceptors (Lipinski definition) is 14. The summed E-state index contributed by atoms with van der Waals surface area (Å²) >= 11 is 1.17. The summed E-state index contributed by atoms with van der Waals surface area (Å²) in [5.74, 6) is -2.03. The molecule has 0 amide bonds. The maximum atomic E-state index is 12.6. The second-order valence-electron chi connectivity index (χ2n) is 8.85. The topological polar surface area (TPSA) is 167 Å². The molecular weight excluding hydrogens is 584 g/mol. The van der Waals surface area contributed by atoms with E-state index in [1.54, 1.807) is 0 Å². The van der Waals surface area contributed by atoms with Crippen LogP contribution >= 0.6 is 11.8 Å². The largest absolute Gasteiger partial charge is 0.466 e. The average molecular weight is 627 g/mol. The van der Waals surface area contributed by atoms with Crippen LogP contribution in [0.15, 0.2) is 12.2 Å². The second-order valence-corrected chi connectivity index (χ2v) is 11.8. The first-order valence-electron chi connectivity index (χ1n) is 13.6. The van der Waals surface area contributed by atoms with E-state index in [4.69, 9.17) is 32.6 Å². The first kappa shape index (κ1) is 36.8. The molecule has 0 fully saturated rings. The van der Waals surface area contributed by atoms with Gasteiger partial charge in [-0.25, -0.2) is 9.59 Å². The van der Waals surface area contributed by atoms with Gasteiger partial charge in [-0.1, -0.05) is 25.7 Å². The minimum Gasteiger partial charge on any atom is -0.466 e. The number of carbonyl (C=O) groups is 4. The number of cyclic esters (lactones) is 4. The summed E-state index contributed by atoms with van der Waals surface area (Å²) in [4.78, 5) is 48.2. The van der Waals surface area contributed by atoms with Gasteiger partial charge >= 0.3 is 23.9 Å². The highest BCUT2D eigenvalue weighted by molar-refractivity contribution is 8.00. The van der Waals surface area contributed by atoms with E-state index in [1.165, 1.54) is 11.8 Å². The van der Waals surface area contributed by atoms with Crippen molar-refractivity contribution in [1.29, 1.82) is 0 Å². The molecule has 0 saturated heterocycles. The van der Waals surface area contributed by atoms with Crippen molar-refractivity contribution in [3.8, 4) is 0 Å². The van der Waals surface area contributed by atoms with Gasteiger partial charge in [0.05, 0.1) is 58.9 Å². The van der Waals surface area contributed by atoms with E-state index < -0.39 is 39.2 Å². The molecule has 0 N–H and O–H groups in total. The molecule has 1 heterocycles. The number of ether oxygens (including phenoxy) is 6. The third-order valence-electron chi connectivity index (χ3n) is 5.24. The minimum atomic E-state index is -3.55. The van der Waals surface area contributed by atoms with Crippen molar-refractivity contribution >= 4 is 45.8 Å². The number of carbonyl (C=O) groups excluding carboxylic acids is 4. The van der Waals surface area contributed by atoms with Gasteiger partial charge in [0.15, 0.2) is 0 Å². The maximum absolute atomic E-state index is 12.6. The Balaban J connectivity index is 2.53. The Morgan fingerprint density at radius 1 is 0.732 bits per heavy atom. The lowest BCUT2D eigenvalue weighted by Gasteiger charge is -2.15. The molecule has 41 heavy (non-hydrogen) atoms. The Hall–Kier alpha value is -2.20. The van der Waals surface area contributed by atoms with Crippen molar-refractivity contribution in [2.45, 2.75) is 56.6 Å². The molecule has 1 atom stereocenters. The van der Waals surface area contributed by atoms with Crippen LogP contribution in [0.2, 0.25) is 0 Å². The van der Waals surface area contributed by atoms with Gasteiger partial charge in [0.2, 0.25) is 0 Å². The smallest absolute Gasteiger partial charge is 0.331 e. The normalized spacial score (nSPS) is 22.2. The molecule has 1 rings (SSSR count). The molecule has 1 unspecified atom stereocenters. The molecule has 1 aliphatic heterocycles. The lowest BCUT2D eigenvalue weighted by Crippen LogP contribution is -2.26. The Morgan fingerprint density at radius 3 is 1.85 bits per heavy atom. The van der Waals surface area contributed by atoms with Gasteiger partial charge in [-0.3, -0.25) is 13.8 Å². The summed E-state index contributed by atoms with van der Waals surface area (Å²) in [7, 11) is -3.55. The summed E-state index contributed by atoms with van der Waals surface area (Å²) in [6, 6.07) is 0. The molecule has 0 spiro atoms. The zero-order chi connectivity index (χ0) is 30.2. The number of rotatable bonds is 6. The van der Waals surface area contributed by atoms with Crippen LogP contribution in [-0.4, -0.2) is 109 Å². The van der Waals surface area contributed by atoms with Gasteiger partial charge in [-0.05, 0) is 25.0 Å². The minimum absolute atomic E-state index is 0.00228. The van der Waals surface area contributed by atoms with E-state index in [-0.39, 0.29) is 65.9 Å². The fraction of sp³-hybridized carbons (Fsp3) is 0.769. The first-order chi connectivity index (χ1) is 19.7. The first-order valence-corrected chi connectivity index (χ1v) is 16.5. The Labute approximate surface area is 246 Å². The zero-order valence-electron chi connectivity index (χ0n) is 23.6. The van der Waals surface area contributed by atoms with Crippen molar-refractivity contribution < 1.29 is 60.2 Å². The van der Waals surface area contributed by atoms with Crippen LogP contribution in [0.4, 0.5) is 0 Å². The summed E-state index contributed by atoms with van der Waals surface area (Å²) < 4.78 is 58.1. The van der Waals surface area contributed by atoms with E-state index in [0.29, 0.717) is 25.0 Å². The fourth-order valence-corrected chi connectivity index (χ4v) is 4.68. The molecule has 0 saturated carbocycles. The predicted molar refractivity (Wildman–Crippen MR) is 149 cm³/mol. The van der Waals surface area contributed by atoms with E-state index in [2.05, 4.69) is 0 Å². The standard InChI is InChI=1S/C26H42O13S2/c1-41(31,32)39-13-8-20-40-22-21-25(29)36-12-7-5-3-2-4-6-11-35-23(27)9-10-24(28)37-18-16-33-14-15-34-17-19-38-26(22)30/h9-10,22H,2-8,11-21H2,1H3/b10-9-. The SMILES string of the molecule is CS(=O)(=O)OCCCSC1CC(=O)OCCCCCCCCOC(=O)/C=C\C(=O)OCCOCCOCCOC1=O. The molecule has 236 valence electrons. The molecule has 0 aromatic carbocycles. The monoisotopic (exact) mass is 626 g/mol. The van der Waals surface area contributed by atoms with E-state index in [9.17, 15) is 27.6 Å². The van der Waals surface area contributed by atoms with E-state index >= 15 is 0 Å². The van der Waals surface area contributed by atoms with Gasteiger partial charge in [0, 0.05) is 12.2 Å². The maximum Gasteiger partial charge on any atom is 0.331 e. The summed E-state index contributed by atoms with van der Waals surface area (Å²) in [6.07, 6.45) is 8.09. The van der Waals surface area contributed by atoms with Crippen LogP contribution in [0.1, 0.15) is 51.4 Å². The Bertz CT molecular complexity index is 905. The predicted octanol–water partition coefficient (Wildman–Crippen LogP) is 1.96. The van der Waals surface area contributed by atoms with Gasteiger partial charge < -0.3 is 28.4 Å². The number of esters is 4. The van der Waals surface area contributed by atoms with Crippen molar-refractivity contribution in [3.05, 3.63) is 12.2 Å². The molecular formula is C26H42O13S2. The molecule has 13 nitrogen and oxygen atoms in total. The lowest BCUT2D eigenvalue weighted by atomic mass is 10.1. The van der Waals surface area contributed by atoms with Crippen molar-refractivity contribution in [3.63, 3.8) is 0 Å². The quantitative estimate of drug-likeness (QED) is 0.182. The highest BCUT2D eigenvalue weighted by Crippen LogP contribution is 2.19. The average Bonchev–Trinajstić information content (AvgIpc) is 2.91. The molecule has 0 aliphatic carbocycles. The van der Waals surface area contributed by atoms with Crippen LogP contribution in [0, 0.1) is 0 Å². The van der Waals surface area contributed by atoms with Crippen molar-refractivity contribution in [1.82, 2.24) is 0 Å². The van der Waals surface area contributed by atoms with E-state index in [1.807, 2.05) is 0 Å². The van der Waals surface area contributed by atoms with Crippen LogP contribution in [0.25, 0.3) is 0 Å². The molecule has 0 radical (unpaired) electrons. The number of hydrogen-bond donors (Lipinski definition) is 0. The third kappa shape index (κ3) is 23.1. The van der Waals surface area contributed by atoms with Gasteiger partial charge in [-0.15, -0.1) is 11.8 Å². The highest BCUT2D eigenvalue weighted by atomic mass is 32.2. The van der Waals surface area contributed by atoms with Crippen LogP contribution in [0.5, 0.6) is 0 Å². The van der Waals surface area contributed by atoms with Crippen LogP contribution in [0.3, 0.4) is 0 Å². The fourth-order valence-electron chi connectivity index (χ4n) is 3.24. The van der Waals surface area contributed by atoms with Crippen LogP contribution < -0.4 is 0 Å². The molecule has 0 bridgehead atoms. The lowest BCUT2D eigenvalue weighted by molar-refractivity contribution is -0.150. The Morgan fingerprint density at radius 2 is 1.24 bits per heavy atom. The van der Waals surface area contributed by atoms with Crippen molar-refractivity contribution in [2.24, 2.45) is 0 Å². The summed E-state index contributed by atoms with van der Waals surface area (Å²) in [6.45, 7) is 1.08. The van der Waals surface area contributed by atoms with Crippen molar-refractivity contribution in [2.75, 3.05) is 71.5 Å². The third-order valence-corrected chi connectivity index (χ3v) is 7.12. The van der Waals surface area contributed by atoms with E-state index in [0.717, 1.165) is 44.1 Å².